The summed E-state index contributed by atoms with van der Waals surface area (Å²) < 4.78 is 1.81. The van der Waals surface area contributed by atoms with E-state index in [1.807, 2.05) is 24.1 Å². The van der Waals surface area contributed by atoms with Gasteiger partial charge in [0.15, 0.2) is 0 Å². The van der Waals surface area contributed by atoms with E-state index in [0.29, 0.717) is 5.92 Å². The number of benzene rings is 1. The molecule has 1 saturated heterocycles. The van der Waals surface area contributed by atoms with E-state index in [2.05, 4.69) is 46.9 Å². The number of rotatable bonds is 5. The van der Waals surface area contributed by atoms with Gasteiger partial charge in [0.05, 0.1) is 18.2 Å². The molecule has 1 aliphatic carbocycles. The van der Waals surface area contributed by atoms with Crippen LogP contribution in [-0.2, 0) is 11.8 Å². The Labute approximate surface area is 161 Å². The smallest absolute Gasteiger partial charge is 0.225 e. The molecule has 26 heavy (non-hydrogen) atoms. The SMILES string of the molecule is Cc1ccc(C(NC(=O)[C@H]2CNC[C@@H]2c2cnn(C)c2)C2CC2)cc1.Cl. The Hall–Kier alpha value is -1.85. The van der Waals surface area contributed by atoms with Crippen LogP contribution in [0.5, 0.6) is 0 Å². The third kappa shape index (κ3) is 3.94. The summed E-state index contributed by atoms with van der Waals surface area (Å²) in [6.45, 7) is 3.66. The summed E-state index contributed by atoms with van der Waals surface area (Å²) in [7, 11) is 1.92. The molecule has 1 aromatic heterocycles. The van der Waals surface area contributed by atoms with E-state index in [4.69, 9.17) is 0 Å². The topological polar surface area (TPSA) is 59.0 Å². The van der Waals surface area contributed by atoms with Crippen LogP contribution in [0.15, 0.2) is 36.7 Å². The van der Waals surface area contributed by atoms with Crippen molar-refractivity contribution in [3.63, 3.8) is 0 Å². The molecular formula is C20H27ClN4O. The van der Waals surface area contributed by atoms with Gasteiger partial charge >= 0.3 is 0 Å². The normalized spacial score (nSPS) is 23.3. The van der Waals surface area contributed by atoms with Crippen LogP contribution in [0, 0.1) is 18.8 Å². The maximum absolute atomic E-state index is 13.0. The lowest BCUT2D eigenvalue weighted by Gasteiger charge is -2.23. The van der Waals surface area contributed by atoms with Crippen LogP contribution >= 0.6 is 12.4 Å². The van der Waals surface area contributed by atoms with Gasteiger partial charge in [-0.1, -0.05) is 29.8 Å². The summed E-state index contributed by atoms with van der Waals surface area (Å²) in [5.41, 5.74) is 3.62. The number of carbonyl (C=O) groups is 1. The van der Waals surface area contributed by atoms with Crippen molar-refractivity contribution in [2.24, 2.45) is 18.9 Å². The molecule has 1 saturated carbocycles. The van der Waals surface area contributed by atoms with E-state index in [9.17, 15) is 4.79 Å². The van der Waals surface area contributed by atoms with Crippen LogP contribution in [0.3, 0.4) is 0 Å². The molecule has 0 spiro atoms. The molecule has 0 radical (unpaired) electrons. The summed E-state index contributed by atoms with van der Waals surface area (Å²) in [5, 5.41) is 11.0. The molecular weight excluding hydrogens is 348 g/mol. The van der Waals surface area contributed by atoms with E-state index in [1.165, 1.54) is 24.0 Å². The van der Waals surface area contributed by atoms with Crippen LogP contribution in [0.25, 0.3) is 0 Å². The minimum atomic E-state index is -0.0316. The summed E-state index contributed by atoms with van der Waals surface area (Å²) in [6, 6.07) is 8.72. The zero-order chi connectivity index (χ0) is 17.4. The molecule has 2 heterocycles. The highest BCUT2D eigenvalue weighted by Gasteiger charge is 2.39. The Morgan fingerprint density at radius 2 is 2.00 bits per heavy atom. The number of hydrogen-bond acceptors (Lipinski definition) is 3. The van der Waals surface area contributed by atoms with Crippen LogP contribution < -0.4 is 10.6 Å². The molecule has 2 aromatic rings. The molecule has 2 aliphatic rings. The van der Waals surface area contributed by atoms with Crippen molar-refractivity contribution in [1.82, 2.24) is 20.4 Å². The van der Waals surface area contributed by atoms with E-state index >= 15 is 0 Å². The lowest BCUT2D eigenvalue weighted by atomic mass is 9.89. The van der Waals surface area contributed by atoms with Crippen molar-refractivity contribution >= 4 is 18.3 Å². The fourth-order valence-corrected chi connectivity index (χ4v) is 3.87. The van der Waals surface area contributed by atoms with Crippen molar-refractivity contribution in [3.05, 3.63) is 53.3 Å². The Bertz CT molecular complexity index is 753. The summed E-state index contributed by atoms with van der Waals surface area (Å²) in [4.78, 5) is 13.0. The molecule has 5 nitrogen and oxygen atoms in total. The van der Waals surface area contributed by atoms with Gasteiger partial charge in [0.1, 0.15) is 0 Å². The van der Waals surface area contributed by atoms with E-state index in [0.717, 1.165) is 18.7 Å². The molecule has 1 amide bonds. The second kappa shape index (κ2) is 7.80. The third-order valence-electron chi connectivity index (χ3n) is 5.53. The third-order valence-corrected chi connectivity index (χ3v) is 5.53. The van der Waals surface area contributed by atoms with Gasteiger partial charge in [0.25, 0.3) is 0 Å². The molecule has 1 aromatic carbocycles. The zero-order valence-corrected chi connectivity index (χ0v) is 16.1. The molecule has 3 atom stereocenters. The van der Waals surface area contributed by atoms with Gasteiger partial charge in [-0.25, -0.2) is 0 Å². The first kappa shape index (κ1) is 18.9. The van der Waals surface area contributed by atoms with E-state index in [-0.39, 0.29) is 36.2 Å². The highest BCUT2D eigenvalue weighted by atomic mass is 35.5. The Kier molecular flexibility index (Phi) is 5.68. The zero-order valence-electron chi connectivity index (χ0n) is 15.3. The fourth-order valence-electron chi connectivity index (χ4n) is 3.87. The lowest BCUT2D eigenvalue weighted by Crippen LogP contribution is -2.37. The number of halogens is 1. The fraction of sp³-hybridized carbons (Fsp3) is 0.500. The van der Waals surface area contributed by atoms with E-state index < -0.39 is 0 Å². The van der Waals surface area contributed by atoms with E-state index in [1.54, 1.807) is 0 Å². The maximum Gasteiger partial charge on any atom is 0.225 e. The average molecular weight is 375 g/mol. The predicted octanol–water partition coefficient (Wildman–Crippen LogP) is 2.72. The Morgan fingerprint density at radius 1 is 1.27 bits per heavy atom. The molecule has 140 valence electrons. The van der Waals surface area contributed by atoms with Gasteiger partial charge < -0.3 is 10.6 Å². The minimum Gasteiger partial charge on any atom is -0.349 e. The van der Waals surface area contributed by atoms with Gasteiger partial charge in [-0.05, 0) is 36.8 Å². The van der Waals surface area contributed by atoms with Gasteiger partial charge in [0, 0.05) is 32.3 Å². The maximum atomic E-state index is 13.0. The van der Waals surface area contributed by atoms with Gasteiger partial charge in [0.2, 0.25) is 5.91 Å². The quantitative estimate of drug-likeness (QED) is 0.846. The standard InChI is InChI=1S/C20H26N4O.ClH/c1-13-3-5-14(6-4-13)19(15-7-8-15)23-20(25)18-11-21-10-17(18)16-9-22-24(2)12-16;/h3-6,9,12,15,17-19,21H,7-8,10-11H2,1-2H3,(H,23,25);1H/t17-,18+,19?;/m1./s1. The van der Waals surface area contributed by atoms with Gasteiger partial charge in [-0.15, -0.1) is 12.4 Å². The number of hydrogen-bond donors (Lipinski definition) is 2. The summed E-state index contributed by atoms with van der Waals surface area (Å²) >= 11 is 0. The first-order valence-corrected chi connectivity index (χ1v) is 9.18. The predicted molar refractivity (Wildman–Crippen MR) is 104 cm³/mol. The summed E-state index contributed by atoms with van der Waals surface area (Å²) in [5.74, 6) is 0.914. The van der Waals surface area contributed by atoms with Crippen molar-refractivity contribution in [2.45, 2.75) is 31.7 Å². The van der Waals surface area contributed by atoms with Crippen LogP contribution in [-0.4, -0.2) is 28.8 Å². The number of aryl methyl sites for hydroxylation is 2. The van der Waals surface area contributed by atoms with Crippen LogP contribution in [0.1, 0.15) is 41.5 Å². The first-order chi connectivity index (χ1) is 12.1. The van der Waals surface area contributed by atoms with Crippen LogP contribution in [0.4, 0.5) is 0 Å². The van der Waals surface area contributed by atoms with Crippen molar-refractivity contribution in [1.29, 1.82) is 0 Å². The minimum absolute atomic E-state index is 0. The monoisotopic (exact) mass is 374 g/mol. The second-order valence-electron chi connectivity index (χ2n) is 7.55. The molecule has 1 unspecified atom stereocenters. The van der Waals surface area contributed by atoms with Crippen molar-refractivity contribution in [3.8, 4) is 0 Å². The first-order valence-electron chi connectivity index (χ1n) is 9.18. The van der Waals surface area contributed by atoms with Crippen LogP contribution in [0.2, 0.25) is 0 Å². The van der Waals surface area contributed by atoms with Gasteiger partial charge in [-0.2, -0.15) is 5.10 Å². The number of carbonyl (C=O) groups excluding carboxylic acids is 1. The molecule has 1 aliphatic heterocycles. The van der Waals surface area contributed by atoms with Gasteiger partial charge in [-0.3, -0.25) is 9.48 Å². The molecule has 6 heteroatoms. The lowest BCUT2D eigenvalue weighted by molar-refractivity contribution is -0.125. The van der Waals surface area contributed by atoms with Crippen molar-refractivity contribution < 1.29 is 4.79 Å². The largest absolute Gasteiger partial charge is 0.349 e. The highest BCUT2D eigenvalue weighted by molar-refractivity contribution is 5.85. The highest BCUT2D eigenvalue weighted by Crippen LogP contribution is 2.41. The molecule has 2 fully saturated rings. The number of aromatic nitrogens is 2. The number of amides is 1. The molecule has 4 rings (SSSR count). The average Bonchev–Trinajstić information content (AvgIpc) is 3.15. The molecule has 2 N–H and O–H groups in total. The second-order valence-corrected chi connectivity index (χ2v) is 7.55. The molecule has 0 bridgehead atoms. The number of nitrogens with one attached hydrogen (secondary N) is 2. The summed E-state index contributed by atoms with van der Waals surface area (Å²) in [6.07, 6.45) is 6.31. The Balaban J connectivity index is 0.00000196. The number of nitrogens with zero attached hydrogens (tertiary/aromatic N) is 2. The Morgan fingerprint density at radius 3 is 2.62 bits per heavy atom. The van der Waals surface area contributed by atoms with Crippen molar-refractivity contribution in [2.75, 3.05) is 13.1 Å².